The van der Waals surface area contributed by atoms with Crippen molar-refractivity contribution in [3.05, 3.63) is 0 Å². The highest BCUT2D eigenvalue weighted by Gasteiger charge is 2.23. The molecule has 0 heterocycles. The molecule has 0 aromatic rings. The third-order valence-electron chi connectivity index (χ3n) is 3.17. The first-order valence-electron chi connectivity index (χ1n) is 5.58. The topological polar surface area (TPSA) is 66.4 Å². The van der Waals surface area contributed by atoms with Crippen molar-refractivity contribution in [2.24, 2.45) is 11.8 Å². The average molecular weight is 213 g/mol. The zero-order valence-corrected chi connectivity index (χ0v) is 9.16. The van der Waals surface area contributed by atoms with Gasteiger partial charge >= 0.3 is 5.97 Å². The Morgan fingerprint density at radius 1 is 1.33 bits per heavy atom. The van der Waals surface area contributed by atoms with Gasteiger partial charge in [-0.2, -0.15) is 0 Å². The van der Waals surface area contributed by atoms with E-state index < -0.39 is 5.97 Å². The Bertz CT molecular complexity index is 240. The molecule has 0 spiro atoms. The molecule has 0 bridgehead atoms. The van der Waals surface area contributed by atoms with Crippen LogP contribution in [0.15, 0.2) is 0 Å². The van der Waals surface area contributed by atoms with Gasteiger partial charge in [0.2, 0.25) is 5.91 Å². The highest BCUT2D eigenvalue weighted by Crippen LogP contribution is 2.30. The third-order valence-corrected chi connectivity index (χ3v) is 3.17. The van der Waals surface area contributed by atoms with Gasteiger partial charge in [-0.3, -0.25) is 9.59 Å². The fraction of sp³-hybridized carbons (Fsp3) is 0.818. The van der Waals surface area contributed by atoms with Gasteiger partial charge in [-0.15, -0.1) is 0 Å². The van der Waals surface area contributed by atoms with Crippen molar-refractivity contribution in [1.82, 2.24) is 5.32 Å². The zero-order valence-electron chi connectivity index (χ0n) is 9.16. The molecule has 0 aromatic carbocycles. The molecular weight excluding hydrogens is 194 g/mol. The molecular formula is C11H19NO3. The molecule has 1 aliphatic carbocycles. The summed E-state index contributed by atoms with van der Waals surface area (Å²) < 4.78 is 0. The van der Waals surface area contributed by atoms with E-state index >= 15 is 0 Å². The zero-order chi connectivity index (χ0) is 11.3. The molecule has 0 saturated heterocycles. The summed E-state index contributed by atoms with van der Waals surface area (Å²) in [6.45, 7) is 2.92. The van der Waals surface area contributed by atoms with Crippen LogP contribution in [0.25, 0.3) is 0 Å². The Labute approximate surface area is 90.0 Å². The normalized spacial score (nSPS) is 25.1. The fourth-order valence-corrected chi connectivity index (χ4v) is 2.08. The molecule has 1 fully saturated rings. The average Bonchev–Trinajstić information content (AvgIpc) is 2.58. The van der Waals surface area contributed by atoms with Gasteiger partial charge in [0.25, 0.3) is 0 Å². The molecule has 1 aliphatic rings. The van der Waals surface area contributed by atoms with Crippen molar-refractivity contribution in [3.63, 3.8) is 0 Å². The van der Waals surface area contributed by atoms with Crippen LogP contribution in [0.2, 0.25) is 0 Å². The molecule has 15 heavy (non-hydrogen) atoms. The number of carboxylic acid groups (broad SMARTS) is 1. The van der Waals surface area contributed by atoms with E-state index in [1.807, 2.05) is 0 Å². The number of carboxylic acids is 1. The lowest BCUT2D eigenvalue weighted by Gasteiger charge is -2.15. The summed E-state index contributed by atoms with van der Waals surface area (Å²) in [5.74, 6) is 0.208. The van der Waals surface area contributed by atoms with Gasteiger partial charge in [-0.25, -0.2) is 0 Å². The van der Waals surface area contributed by atoms with Gasteiger partial charge in [0.1, 0.15) is 0 Å². The minimum Gasteiger partial charge on any atom is -0.481 e. The molecule has 0 aromatic heterocycles. The Morgan fingerprint density at radius 2 is 2.07 bits per heavy atom. The molecule has 1 rings (SSSR count). The van der Waals surface area contributed by atoms with Gasteiger partial charge < -0.3 is 10.4 Å². The van der Waals surface area contributed by atoms with Crippen molar-refractivity contribution in [2.45, 2.75) is 39.0 Å². The molecule has 0 radical (unpaired) electrons. The summed E-state index contributed by atoms with van der Waals surface area (Å²) in [7, 11) is 0. The van der Waals surface area contributed by atoms with E-state index in [9.17, 15) is 9.59 Å². The summed E-state index contributed by atoms with van der Waals surface area (Å²) in [6.07, 6.45) is 3.69. The van der Waals surface area contributed by atoms with Crippen molar-refractivity contribution >= 4 is 11.9 Å². The van der Waals surface area contributed by atoms with Crippen LogP contribution in [0.1, 0.15) is 39.0 Å². The van der Waals surface area contributed by atoms with E-state index in [2.05, 4.69) is 12.2 Å². The van der Waals surface area contributed by atoms with Gasteiger partial charge in [0.15, 0.2) is 0 Å². The summed E-state index contributed by atoms with van der Waals surface area (Å²) >= 11 is 0. The lowest BCUT2D eigenvalue weighted by molar-refractivity contribution is -0.138. The van der Waals surface area contributed by atoms with Crippen molar-refractivity contribution in [1.29, 1.82) is 0 Å². The molecule has 1 saturated carbocycles. The van der Waals surface area contributed by atoms with Gasteiger partial charge in [0.05, 0.1) is 6.42 Å². The number of rotatable bonds is 5. The van der Waals surface area contributed by atoms with Crippen LogP contribution in [0, 0.1) is 11.8 Å². The summed E-state index contributed by atoms with van der Waals surface area (Å²) in [6, 6.07) is 0. The standard InChI is InChI=1S/C11H19NO3/c1-8-3-2-4-9(8)7-12-10(13)5-6-11(14)15/h8-9H,2-7H2,1H3,(H,12,13)(H,14,15). The van der Waals surface area contributed by atoms with Crippen LogP contribution in [-0.2, 0) is 9.59 Å². The fourth-order valence-electron chi connectivity index (χ4n) is 2.08. The van der Waals surface area contributed by atoms with Crippen molar-refractivity contribution < 1.29 is 14.7 Å². The first kappa shape index (κ1) is 12.0. The smallest absolute Gasteiger partial charge is 0.303 e. The first-order valence-corrected chi connectivity index (χ1v) is 5.58. The summed E-state index contributed by atoms with van der Waals surface area (Å²) in [5, 5.41) is 11.2. The molecule has 4 nitrogen and oxygen atoms in total. The number of carbonyl (C=O) groups is 2. The number of amides is 1. The summed E-state index contributed by atoms with van der Waals surface area (Å²) in [4.78, 5) is 21.5. The van der Waals surface area contributed by atoms with E-state index in [4.69, 9.17) is 5.11 Å². The van der Waals surface area contributed by atoms with E-state index in [0.717, 1.165) is 0 Å². The van der Waals surface area contributed by atoms with E-state index in [1.54, 1.807) is 0 Å². The quantitative estimate of drug-likeness (QED) is 0.725. The minimum absolute atomic E-state index is 0.0773. The molecule has 1 amide bonds. The maximum absolute atomic E-state index is 11.2. The maximum Gasteiger partial charge on any atom is 0.303 e. The second kappa shape index (κ2) is 5.73. The highest BCUT2D eigenvalue weighted by molar-refractivity contribution is 5.80. The molecule has 4 heteroatoms. The Hall–Kier alpha value is -1.06. The van der Waals surface area contributed by atoms with Crippen LogP contribution < -0.4 is 5.32 Å². The van der Waals surface area contributed by atoms with E-state index in [-0.39, 0.29) is 18.7 Å². The van der Waals surface area contributed by atoms with E-state index in [1.165, 1.54) is 19.3 Å². The number of carbonyl (C=O) groups excluding carboxylic acids is 1. The predicted octanol–water partition coefficient (Wildman–Crippen LogP) is 1.40. The van der Waals surface area contributed by atoms with Crippen LogP contribution in [-0.4, -0.2) is 23.5 Å². The largest absolute Gasteiger partial charge is 0.481 e. The second-order valence-corrected chi connectivity index (χ2v) is 4.37. The monoisotopic (exact) mass is 213 g/mol. The number of hydrogen-bond donors (Lipinski definition) is 2. The van der Waals surface area contributed by atoms with Crippen molar-refractivity contribution in [3.8, 4) is 0 Å². The lowest BCUT2D eigenvalue weighted by Crippen LogP contribution is -2.30. The lowest BCUT2D eigenvalue weighted by atomic mass is 9.98. The van der Waals surface area contributed by atoms with Crippen LogP contribution >= 0.6 is 0 Å². The third kappa shape index (κ3) is 4.32. The number of aliphatic carboxylic acids is 1. The summed E-state index contributed by atoms with van der Waals surface area (Å²) in [5.41, 5.74) is 0. The van der Waals surface area contributed by atoms with E-state index in [0.29, 0.717) is 18.4 Å². The van der Waals surface area contributed by atoms with Crippen LogP contribution in [0.5, 0.6) is 0 Å². The van der Waals surface area contributed by atoms with Crippen molar-refractivity contribution in [2.75, 3.05) is 6.54 Å². The Kier molecular flexibility index (Phi) is 4.59. The Morgan fingerprint density at radius 3 is 2.60 bits per heavy atom. The molecule has 2 atom stereocenters. The Balaban J connectivity index is 2.13. The SMILES string of the molecule is CC1CCCC1CNC(=O)CCC(=O)O. The van der Waals surface area contributed by atoms with Crippen LogP contribution in [0.4, 0.5) is 0 Å². The predicted molar refractivity (Wildman–Crippen MR) is 56.4 cm³/mol. The molecule has 86 valence electrons. The highest BCUT2D eigenvalue weighted by atomic mass is 16.4. The van der Waals surface area contributed by atoms with Gasteiger partial charge in [0, 0.05) is 13.0 Å². The molecule has 2 N–H and O–H groups in total. The molecule has 2 unspecified atom stereocenters. The van der Waals surface area contributed by atoms with Gasteiger partial charge in [-0.1, -0.05) is 19.8 Å². The number of hydrogen-bond acceptors (Lipinski definition) is 2. The second-order valence-electron chi connectivity index (χ2n) is 4.37. The first-order chi connectivity index (χ1) is 7.09. The number of nitrogens with one attached hydrogen (secondary N) is 1. The minimum atomic E-state index is -0.917. The van der Waals surface area contributed by atoms with Crippen LogP contribution in [0.3, 0.4) is 0 Å². The molecule has 0 aliphatic heterocycles. The van der Waals surface area contributed by atoms with Gasteiger partial charge in [-0.05, 0) is 18.3 Å². The maximum atomic E-state index is 11.2.